The lowest BCUT2D eigenvalue weighted by atomic mass is 10.1. The van der Waals surface area contributed by atoms with Crippen molar-refractivity contribution in [3.05, 3.63) is 59.2 Å². The van der Waals surface area contributed by atoms with Crippen LogP contribution in [0.15, 0.2) is 47.4 Å². The minimum Gasteiger partial charge on any atom is -0.282 e. The molecule has 2 aromatic carbocycles. The molecule has 0 saturated carbocycles. The van der Waals surface area contributed by atoms with Crippen LogP contribution in [0, 0.1) is 13.8 Å². The number of anilines is 1. The summed E-state index contributed by atoms with van der Waals surface area (Å²) >= 11 is 0. The summed E-state index contributed by atoms with van der Waals surface area (Å²) in [5.74, 6) is -1.82. The van der Waals surface area contributed by atoms with Crippen molar-refractivity contribution in [2.45, 2.75) is 18.7 Å². The quantitative estimate of drug-likeness (QED) is 0.872. The first-order valence-corrected chi connectivity index (χ1v) is 10.4. The molecule has 0 spiro atoms. The van der Waals surface area contributed by atoms with Crippen LogP contribution in [0.2, 0.25) is 0 Å². The van der Waals surface area contributed by atoms with Crippen LogP contribution in [0.4, 0.5) is 5.69 Å². The molecule has 1 aliphatic heterocycles. The summed E-state index contributed by atoms with van der Waals surface area (Å²) in [5.41, 5.74) is 1.98. The minimum atomic E-state index is -4.17. The molecule has 0 fully saturated rings. The van der Waals surface area contributed by atoms with Crippen LogP contribution in [-0.2, 0) is 20.0 Å². The van der Waals surface area contributed by atoms with E-state index in [1.165, 1.54) is 24.3 Å². The smallest absolute Gasteiger partial charge is 0.270 e. The Bertz CT molecular complexity index is 1080. The Morgan fingerprint density at radius 2 is 1.76 bits per heavy atom. The molecule has 3 rings (SSSR count). The molecule has 7 nitrogen and oxygen atoms in total. The van der Waals surface area contributed by atoms with E-state index >= 15 is 0 Å². The Balaban J connectivity index is 1.90. The van der Waals surface area contributed by atoms with E-state index in [9.17, 15) is 21.6 Å². The van der Waals surface area contributed by atoms with Crippen LogP contribution >= 0.6 is 0 Å². The summed E-state index contributed by atoms with van der Waals surface area (Å²) in [5, 5.41) is 0. The van der Waals surface area contributed by atoms with Crippen LogP contribution in [0.5, 0.6) is 0 Å². The van der Waals surface area contributed by atoms with Gasteiger partial charge in [-0.05, 0) is 37.6 Å². The number of nitrogens with zero attached hydrogens (tertiary/aromatic N) is 1. The molecule has 1 heterocycles. The van der Waals surface area contributed by atoms with E-state index in [2.05, 4.69) is 4.72 Å². The van der Waals surface area contributed by atoms with E-state index in [1.807, 2.05) is 6.92 Å². The molecule has 132 valence electrons. The lowest BCUT2D eigenvalue weighted by Gasteiger charge is -2.17. The SMILES string of the molecule is Cc1ccc(NS(=O)(=O)CN2C(=O)c3ccccc3S2(=O)=O)c(C)c1. The highest BCUT2D eigenvalue weighted by molar-refractivity contribution is 7.95. The predicted molar refractivity (Wildman–Crippen MR) is 93.1 cm³/mol. The van der Waals surface area contributed by atoms with Crippen LogP contribution in [0.1, 0.15) is 21.5 Å². The van der Waals surface area contributed by atoms with Gasteiger partial charge in [0.05, 0.1) is 11.3 Å². The van der Waals surface area contributed by atoms with E-state index in [-0.39, 0.29) is 10.5 Å². The van der Waals surface area contributed by atoms with Crippen molar-refractivity contribution < 1.29 is 21.6 Å². The summed E-state index contributed by atoms with van der Waals surface area (Å²) in [6.45, 7) is 3.61. The van der Waals surface area contributed by atoms with Gasteiger partial charge >= 0.3 is 0 Å². The number of nitrogens with one attached hydrogen (secondary N) is 1. The number of sulfonamides is 2. The normalized spacial score (nSPS) is 15.9. The van der Waals surface area contributed by atoms with Gasteiger partial charge in [-0.25, -0.2) is 21.1 Å². The third-order valence-corrected chi connectivity index (χ3v) is 6.93. The van der Waals surface area contributed by atoms with Gasteiger partial charge in [-0.2, -0.15) is 0 Å². The molecule has 1 aliphatic rings. The van der Waals surface area contributed by atoms with Crippen molar-refractivity contribution in [3.63, 3.8) is 0 Å². The van der Waals surface area contributed by atoms with Crippen molar-refractivity contribution in [2.75, 3.05) is 10.6 Å². The van der Waals surface area contributed by atoms with Gasteiger partial charge in [0.2, 0.25) is 0 Å². The zero-order valence-corrected chi connectivity index (χ0v) is 15.2. The maximum Gasteiger partial charge on any atom is 0.270 e. The number of fused-ring (bicyclic) bond motifs is 1. The maximum absolute atomic E-state index is 12.4. The second kappa shape index (κ2) is 5.85. The highest BCUT2D eigenvalue weighted by Gasteiger charge is 2.43. The molecule has 0 bridgehead atoms. The molecule has 0 unspecified atom stereocenters. The summed E-state index contributed by atoms with van der Waals surface area (Å²) in [6, 6.07) is 10.8. The number of hydrogen-bond acceptors (Lipinski definition) is 5. The lowest BCUT2D eigenvalue weighted by molar-refractivity contribution is 0.0885. The first kappa shape index (κ1) is 17.4. The molecule has 0 aromatic heterocycles. The van der Waals surface area contributed by atoms with Crippen molar-refractivity contribution in [3.8, 4) is 0 Å². The van der Waals surface area contributed by atoms with E-state index in [0.29, 0.717) is 15.6 Å². The Morgan fingerprint density at radius 1 is 1.08 bits per heavy atom. The fraction of sp³-hybridized carbons (Fsp3) is 0.188. The van der Waals surface area contributed by atoms with Gasteiger partial charge in [0.1, 0.15) is 4.90 Å². The topological polar surface area (TPSA) is 101 Å². The van der Waals surface area contributed by atoms with Gasteiger partial charge in [-0.15, -0.1) is 0 Å². The molecular weight excluding hydrogens is 364 g/mol. The van der Waals surface area contributed by atoms with Crippen LogP contribution in [0.3, 0.4) is 0 Å². The van der Waals surface area contributed by atoms with Crippen molar-refractivity contribution in [1.82, 2.24) is 4.31 Å². The monoisotopic (exact) mass is 380 g/mol. The highest BCUT2D eigenvalue weighted by Crippen LogP contribution is 2.30. The number of amides is 1. The molecule has 0 aliphatic carbocycles. The first-order chi connectivity index (χ1) is 11.6. The largest absolute Gasteiger partial charge is 0.282 e. The Labute approximate surface area is 146 Å². The van der Waals surface area contributed by atoms with Gasteiger partial charge in [0, 0.05) is 0 Å². The summed E-state index contributed by atoms with van der Waals surface area (Å²) < 4.78 is 52.4. The zero-order chi connectivity index (χ0) is 18.4. The van der Waals surface area contributed by atoms with Gasteiger partial charge in [-0.1, -0.05) is 29.8 Å². The molecule has 0 atom stereocenters. The Hall–Kier alpha value is -2.39. The van der Waals surface area contributed by atoms with Crippen LogP contribution in [0.25, 0.3) is 0 Å². The summed E-state index contributed by atoms with van der Waals surface area (Å²) in [4.78, 5) is 12.1. The molecule has 9 heteroatoms. The Kier molecular flexibility index (Phi) is 4.08. The van der Waals surface area contributed by atoms with E-state index in [0.717, 1.165) is 5.56 Å². The maximum atomic E-state index is 12.4. The van der Waals surface area contributed by atoms with E-state index in [1.54, 1.807) is 25.1 Å². The number of hydrogen-bond donors (Lipinski definition) is 1. The first-order valence-electron chi connectivity index (χ1n) is 7.36. The third kappa shape index (κ3) is 3.12. The van der Waals surface area contributed by atoms with Crippen LogP contribution < -0.4 is 4.72 Å². The summed E-state index contributed by atoms with van der Waals surface area (Å²) in [7, 11) is -8.27. The molecule has 0 radical (unpaired) electrons. The van der Waals surface area contributed by atoms with Gasteiger partial charge in [-0.3, -0.25) is 9.52 Å². The zero-order valence-electron chi connectivity index (χ0n) is 13.6. The Morgan fingerprint density at radius 3 is 2.40 bits per heavy atom. The van der Waals surface area contributed by atoms with Crippen molar-refractivity contribution >= 4 is 31.6 Å². The van der Waals surface area contributed by atoms with Crippen molar-refractivity contribution in [1.29, 1.82) is 0 Å². The lowest BCUT2D eigenvalue weighted by Crippen LogP contribution is -2.37. The molecule has 1 amide bonds. The number of rotatable bonds is 4. The molecular formula is C16H16N2O5S2. The average Bonchev–Trinajstić information content (AvgIpc) is 2.72. The van der Waals surface area contributed by atoms with Gasteiger partial charge in [0.25, 0.3) is 26.0 Å². The summed E-state index contributed by atoms with van der Waals surface area (Å²) in [6.07, 6.45) is 0. The van der Waals surface area contributed by atoms with E-state index < -0.39 is 31.8 Å². The van der Waals surface area contributed by atoms with Gasteiger partial charge < -0.3 is 0 Å². The van der Waals surface area contributed by atoms with Gasteiger partial charge in [0.15, 0.2) is 5.88 Å². The number of benzene rings is 2. The van der Waals surface area contributed by atoms with Crippen molar-refractivity contribution in [2.24, 2.45) is 0 Å². The minimum absolute atomic E-state index is 0.0239. The fourth-order valence-corrected chi connectivity index (χ4v) is 5.90. The molecule has 0 saturated heterocycles. The molecule has 25 heavy (non-hydrogen) atoms. The number of aryl methyl sites for hydroxylation is 2. The third-order valence-electron chi connectivity index (χ3n) is 3.85. The second-order valence-corrected chi connectivity index (χ2v) is 9.34. The fourth-order valence-electron chi connectivity index (χ4n) is 2.64. The highest BCUT2D eigenvalue weighted by atomic mass is 32.2. The van der Waals surface area contributed by atoms with E-state index in [4.69, 9.17) is 0 Å². The van der Waals surface area contributed by atoms with Crippen LogP contribution in [-0.4, -0.2) is 32.9 Å². The molecule has 1 N–H and O–H groups in total. The predicted octanol–water partition coefficient (Wildman–Crippen LogP) is 1.85. The standard InChI is InChI=1S/C16H16N2O5S2/c1-11-7-8-14(12(2)9-11)17-24(20,21)10-18-16(19)13-5-3-4-6-15(13)25(18,22)23/h3-9,17H,10H2,1-2H3. The second-order valence-electron chi connectivity index (χ2n) is 5.82. The molecule has 2 aromatic rings. The number of carbonyl (C=O) groups is 1. The average molecular weight is 380 g/mol. The number of carbonyl (C=O) groups excluding carboxylic acids is 1.